The molecule has 1 N–H and O–H groups in total. The SMILES string of the molecule is CO[C@@H]1c2ccccc2C[C@H]1NC(=O)[C@@H](C)c1ccccc1. The van der Waals surface area contributed by atoms with E-state index >= 15 is 0 Å². The second-order valence-electron chi connectivity index (χ2n) is 5.81. The van der Waals surface area contributed by atoms with E-state index in [1.165, 1.54) is 11.1 Å². The molecule has 0 saturated carbocycles. The van der Waals surface area contributed by atoms with Crippen LogP contribution in [0.25, 0.3) is 0 Å². The van der Waals surface area contributed by atoms with E-state index in [9.17, 15) is 4.79 Å². The molecule has 3 rings (SSSR count). The number of fused-ring (bicyclic) bond motifs is 1. The Morgan fingerprint density at radius 3 is 2.55 bits per heavy atom. The van der Waals surface area contributed by atoms with Gasteiger partial charge in [0.1, 0.15) is 6.10 Å². The molecule has 0 radical (unpaired) electrons. The Labute approximate surface area is 131 Å². The minimum atomic E-state index is -0.164. The van der Waals surface area contributed by atoms with E-state index in [1.54, 1.807) is 7.11 Å². The zero-order chi connectivity index (χ0) is 15.5. The molecule has 1 aliphatic carbocycles. The highest BCUT2D eigenvalue weighted by Crippen LogP contribution is 2.34. The molecule has 0 fully saturated rings. The largest absolute Gasteiger partial charge is 0.375 e. The van der Waals surface area contributed by atoms with Crippen molar-refractivity contribution in [2.45, 2.75) is 31.4 Å². The van der Waals surface area contributed by atoms with Gasteiger partial charge in [-0.3, -0.25) is 4.79 Å². The van der Waals surface area contributed by atoms with Crippen LogP contribution in [0.3, 0.4) is 0 Å². The van der Waals surface area contributed by atoms with Gasteiger partial charge in [-0.15, -0.1) is 0 Å². The molecule has 114 valence electrons. The summed E-state index contributed by atoms with van der Waals surface area (Å²) < 4.78 is 5.62. The molecule has 2 aromatic rings. The Kier molecular flexibility index (Phi) is 4.25. The van der Waals surface area contributed by atoms with E-state index in [4.69, 9.17) is 4.74 Å². The van der Waals surface area contributed by atoms with Crippen LogP contribution in [0.1, 0.15) is 35.6 Å². The van der Waals surface area contributed by atoms with Crippen molar-refractivity contribution >= 4 is 5.91 Å². The highest BCUT2D eigenvalue weighted by molar-refractivity contribution is 5.83. The average molecular weight is 295 g/mol. The van der Waals surface area contributed by atoms with Crippen molar-refractivity contribution < 1.29 is 9.53 Å². The van der Waals surface area contributed by atoms with Crippen LogP contribution in [-0.4, -0.2) is 19.1 Å². The summed E-state index contributed by atoms with van der Waals surface area (Å²) >= 11 is 0. The van der Waals surface area contributed by atoms with Crippen LogP contribution in [0.5, 0.6) is 0 Å². The topological polar surface area (TPSA) is 38.3 Å². The number of ether oxygens (including phenoxy) is 1. The first-order valence-corrected chi connectivity index (χ1v) is 7.66. The number of amides is 1. The highest BCUT2D eigenvalue weighted by Gasteiger charge is 2.34. The first-order chi connectivity index (χ1) is 10.7. The lowest BCUT2D eigenvalue weighted by atomic mass is 9.99. The van der Waals surface area contributed by atoms with E-state index in [-0.39, 0.29) is 24.0 Å². The lowest BCUT2D eigenvalue weighted by molar-refractivity contribution is -0.123. The van der Waals surface area contributed by atoms with Gasteiger partial charge in [-0.1, -0.05) is 54.6 Å². The number of carbonyl (C=O) groups is 1. The Bertz CT molecular complexity index is 653. The number of rotatable bonds is 4. The van der Waals surface area contributed by atoms with Gasteiger partial charge in [0, 0.05) is 7.11 Å². The molecule has 0 saturated heterocycles. The number of methoxy groups -OCH3 is 1. The fraction of sp³-hybridized carbons (Fsp3) is 0.316. The van der Waals surface area contributed by atoms with Crippen LogP contribution in [0.2, 0.25) is 0 Å². The molecule has 0 heterocycles. The second-order valence-corrected chi connectivity index (χ2v) is 5.81. The zero-order valence-corrected chi connectivity index (χ0v) is 13.0. The van der Waals surface area contributed by atoms with E-state index in [0.29, 0.717) is 0 Å². The molecule has 0 aliphatic heterocycles. The second kappa shape index (κ2) is 6.32. The average Bonchev–Trinajstić information content (AvgIpc) is 2.91. The van der Waals surface area contributed by atoms with Crippen molar-refractivity contribution in [1.82, 2.24) is 5.32 Å². The number of hydrogen-bond acceptors (Lipinski definition) is 2. The smallest absolute Gasteiger partial charge is 0.227 e. The summed E-state index contributed by atoms with van der Waals surface area (Å²) in [4.78, 5) is 12.5. The van der Waals surface area contributed by atoms with Crippen LogP contribution in [0.4, 0.5) is 0 Å². The van der Waals surface area contributed by atoms with Crippen molar-refractivity contribution in [2.75, 3.05) is 7.11 Å². The Morgan fingerprint density at radius 1 is 1.14 bits per heavy atom. The van der Waals surface area contributed by atoms with Gasteiger partial charge >= 0.3 is 0 Å². The fourth-order valence-electron chi connectivity index (χ4n) is 3.18. The normalized spacial score (nSPS) is 21.2. The summed E-state index contributed by atoms with van der Waals surface area (Å²) in [5, 5.41) is 3.16. The number of carbonyl (C=O) groups excluding carboxylic acids is 1. The molecule has 3 heteroatoms. The monoisotopic (exact) mass is 295 g/mol. The first kappa shape index (κ1) is 14.8. The van der Waals surface area contributed by atoms with Crippen molar-refractivity contribution in [1.29, 1.82) is 0 Å². The van der Waals surface area contributed by atoms with Crippen LogP contribution in [0.15, 0.2) is 54.6 Å². The minimum Gasteiger partial charge on any atom is -0.375 e. The van der Waals surface area contributed by atoms with Gasteiger partial charge in [0.25, 0.3) is 0 Å². The predicted molar refractivity (Wildman–Crippen MR) is 86.7 cm³/mol. The molecular weight excluding hydrogens is 274 g/mol. The highest BCUT2D eigenvalue weighted by atomic mass is 16.5. The molecule has 0 aromatic heterocycles. The summed E-state index contributed by atoms with van der Waals surface area (Å²) in [7, 11) is 1.70. The lowest BCUT2D eigenvalue weighted by Gasteiger charge is -2.22. The van der Waals surface area contributed by atoms with Gasteiger partial charge in [-0.2, -0.15) is 0 Å². The quantitative estimate of drug-likeness (QED) is 0.940. The van der Waals surface area contributed by atoms with Crippen molar-refractivity contribution in [3.63, 3.8) is 0 Å². The fourth-order valence-corrected chi connectivity index (χ4v) is 3.18. The van der Waals surface area contributed by atoms with Gasteiger partial charge in [-0.25, -0.2) is 0 Å². The van der Waals surface area contributed by atoms with E-state index in [0.717, 1.165) is 12.0 Å². The molecule has 2 aromatic carbocycles. The van der Waals surface area contributed by atoms with Crippen LogP contribution in [-0.2, 0) is 16.0 Å². The number of nitrogens with one attached hydrogen (secondary N) is 1. The molecule has 3 nitrogen and oxygen atoms in total. The molecule has 22 heavy (non-hydrogen) atoms. The first-order valence-electron chi connectivity index (χ1n) is 7.66. The Hall–Kier alpha value is -2.13. The van der Waals surface area contributed by atoms with E-state index in [1.807, 2.05) is 49.4 Å². The minimum absolute atomic E-state index is 0.000984. The van der Waals surface area contributed by atoms with Gasteiger partial charge in [-0.05, 0) is 30.0 Å². The van der Waals surface area contributed by atoms with E-state index < -0.39 is 0 Å². The Balaban J connectivity index is 1.73. The molecule has 0 spiro atoms. The third-order valence-electron chi connectivity index (χ3n) is 4.44. The number of hydrogen-bond donors (Lipinski definition) is 1. The maximum absolute atomic E-state index is 12.5. The maximum Gasteiger partial charge on any atom is 0.227 e. The van der Waals surface area contributed by atoms with Crippen LogP contribution < -0.4 is 5.32 Å². The van der Waals surface area contributed by atoms with Crippen molar-refractivity contribution in [3.8, 4) is 0 Å². The van der Waals surface area contributed by atoms with Crippen molar-refractivity contribution in [3.05, 3.63) is 71.3 Å². The zero-order valence-electron chi connectivity index (χ0n) is 13.0. The van der Waals surface area contributed by atoms with Gasteiger partial charge in [0.15, 0.2) is 0 Å². The Morgan fingerprint density at radius 2 is 1.82 bits per heavy atom. The van der Waals surface area contributed by atoms with Gasteiger partial charge in [0.05, 0.1) is 12.0 Å². The van der Waals surface area contributed by atoms with E-state index in [2.05, 4.69) is 17.4 Å². The van der Waals surface area contributed by atoms with Gasteiger partial charge < -0.3 is 10.1 Å². The lowest BCUT2D eigenvalue weighted by Crippen LogP contribution is -2.40. The molecule has 3 atom stereocenters. The standard InChI is InChI=1S/C19H21NO2/c1-13(14-8-4-3-5-9-14)19(21)20-17-12-15-10-6-7-11-16(15)18(17)22-2/h3-11,13,17-18H,12H2,1-2H3,(H,20,21)/t13-,17+,18+/m0/s1. The third kappa shape index (κ3) is 2.77. The molecule has 1 amide bonds. The summed E-state index contributed by atoms with van der Waals surface area (Å²) in [6.07, 6.45) is 0.755. The molecule has 0 unspecified atom stereocenters. The molecular formula is C19H21NO2. The third-order valence-corrected chi connectivity index (χ3v) is 4.44. The maximum atomic E-state index is 12.5. The molecule has 1 aliphatic rings. The summed E-state index contributed by atoms with van der Waals surface area (Å²) in [5.41, 5.74) is 3.47. The summed E-state index contributed by atoms with van der Waals surface area (Å²) in [6.45, 7) is 1.94. The van der Waals surface area contributed by atoms with Crippen molar-refractivity contribution in [2.24, 2.45) is 0 Å². The predicted octanol–water partition coefficient (Wildman–Crippen LogP) is 3.22. The van der Waals surface area contributed by atoms with Crippen LogP contribution >= 0.6 is 0 Å². The summed E-state index contributed by atoms with van der Waals surface area (Å²) in [5.74, 6) is -0.117. The molecule has 0 bridgehead atoms. The number of benzene rings is 2. The van der Waals surface area contributed by atoms with Gasteiger partial charge in [0.2, 0.25) is 5.91 Å². The van der Waals surface area contributed by atoms with Crippen LogP contribution in [0, 0.1) is 0 Å². The summed E-state index contributed by atoms with van der Waals surface area (Å²) in [6, 6.07) is 18.1.